The van der Waals surface area contributed by atoms with Gasteiger partial charge in [0.05, 0.1) is 4.90 Å². The van der Waals surface area contributed by atoms with E-state index < -0.39 is 10.0 Å². The third-order valence-electron chi connectivity index (χ3n) is 4.52. The fourth-order valence-electron chi connectivity index (χ4n) is 2.98. The van der Waals surface area contributed by atoms with Crippen molar-refractivity contribution in [2.75, 3.05) is 39.3 Å². The molecule has 1 aliphatic heterocycles. The summed E-state index contributed by atoms with van der Waals surface area (Å²) in [4.78, 5) is 17.0. The standard InChI is InChI=1S/C19H31N3O3S/c1-4-10-22(11-5-2)19(23)17-8-7-16(6-3)18(15-17)26(24,25)20-9-12-21-13-14-21/h7-8,15,20H,4-6,9-14H2,1-3H3. The first kappa shape index (κ1) is 20.9. The van der Waals surface area contributed by atoms with Gasteiger partial charge in [-0.25, -0.2) is 13.1 Å². The van der Waals surface area contributed by atoms with Gasteiger partial charge in [0.2, 0.25) is 10.0 Å². The highest BCUT2D eigenvalue weighted by Crippen LogP contribution is 2.20. The van der Waals surface area contributed by atoms with Gasteiger partial charge in [-0.2, -0.15) is 0 Å². The van der Waals surface area contributed by atoms with Crippen LogP contribution in [0, 0.1) is 0 Å². The number of carbonyl (C=O) groups excluding carboxylic acids is 1. The van der Waals surface area contributed by atoms with E-state index in [-0.39, 0.29) is 10.8 Å². The molecule has 1 fully saturated rings. The molecule has 1 aliphatic rings. The third-order valence-corrected chi connectivity index (χ3v) is 6.06. The summed E-state index contributed by atoms with van der Waals surface area (Å²) in [5, 5.41) is 0. The number of nitrogens with zero attached hydrogens (tertiary/aromatic N) is 2. The number of benzene rings is 1. The summed E-state index contributed by atoms with van der Waals surface area (Å²) in [6.45, 7) is 10.5. The lowest BCUT2D eigenvalue weighted by Gasteiger charge is -2.22. The summed E-state index contributed by atoms with van der Waals surface area (Å²) in [6.07, 6.45) is 2.36. The Morgan fingerprint density at radius 3 is 2.35 bits per heavy atom. The molecule has 1 saturated heterocycles. The van der Waals surface area contributed by atoms with Gasteiger partial charge in [0.1, 0.15) is 0 Å². The van der Waals surface area contributed by atoms with E-state index in [4.69, 9.17) is 0 Å². The van der Waals surface area contributed by atoms with Crippen LogP contribution < -0.4 is 4.72 Å². The van der Waals surface area contributed by atoms with E-state index in [1.54, 1.807) is 23.1 Å². The van der Waals surface area contributed by atoms with Crippen LogP contribution in [0.1, 0.15) is 49.5 Å². The lowest BCUT2D eigenvalue weighted by molar-refractivity contribution is 0.0755. The maximum Gasteiger partial charge on any atom is 0.253 e. The SMILES string of the molecule is CCCN(CCC)C(=O)c1ccc(CC)c(S(=O)(=O)NCCN2CC2)c1. The van der Waals surface area contributed by atoms with Gasteiger partial charge < -0.3 is 4.90 Å². The predicted molar refractivity (Wildman–Crippen MR) is 104 cm³/mol. The quantitative estimate of drug-likeness (QED) is 0.596. The van der Waals surface area contributed by atoms with Crippen molar-refractivity contribution in [2.24, 2.45) is 0 Å². The van der Waals surface area contributed by atoms with Crippen molar-refractivity contribution in [3.8, 4) is 0 Å². The minimum Gasteiger partial charge on any atom is -0.339 e. The number of amides is 1. The molecule has 0 aromatic heterocycles. The molecule has 0 bridgehead atoms. The molecule has 1 aromatic rings. The van der Waals surface area contributed by atoms with Crippen LogP contribution in [-0.4, -0.2) is 63.4 Å². The molecule has 1 heterocycles. The molecule has 7 heteroatoms. The number of rotatable bonds is 11. The van der Waals surface area contributed by atoms with Crippen molar-refractivity contribution in [2.45, 2.75) is 44.9 Å². The van der Waals surface area contributed by atoms with E-state index in [9.17, 15) is 13.2 Å². The van der Waals surface area contributed by atoms with Crippen LogP contribution in [0.4, 0.5) is 0 Å². The van der Waals surface area contributed by atoms with Crippen LogP contribution >= 0.6 is 0 Å². The van der Waals surface area contributed by atoms with Gasteiger partial charge in [0.25, 0.3) is 5.91 Å². The average molecular weight is 382 g/mol. The van der Waals surface area contributed by atoms with Crippen molar-refractivity contribution in [3.63, 3.8) is 0 Å². The van der Waals surface area contributed by atoms with Gasteiger partial charge in [0.15, 0.2) is 0 Å². The summed E-state index contributed by atoms with van der Waals surface area (Å²) < 4.78 is 28.2. The highest BCUT2D eigenvalue weighted by Gasteiger charge is 2.23. The minimum atomic E-state index is -3.62. The van der Waals surface area contributed by atoms with Crippen molar-refractivity contribution >= 4 is 15.9 Å². The van der Waals surface area contributed by atoms with Gasteiger partial charge in [-0.1, -0.05) is 26.8 Å². The maximum atomic E-state index is 12.8. The molecule has 1 N–H and O–H groups in total. The number of hydrogen-bond acceptors (Lipinski definition) is 4. The molecule has 2 rings (SSSR count). The second kappa shape index (κ2) is 9.48. The predicted octanol–water partition coefficient (Wildman–Crippen LogP) is 2.11. The zero-order valence-electron chi connectivity index (χ0n) is 16.1. The maximum absolute atomic E-state index is 12.8. The van der Waals surface area contributed by atoms with Crippen molar-refractivity contribution < 1.29 is 13.2 Å². The Labute approximate surface area is 157 Å². The highest BCUT2D eigenvalue weighted by molar-refractivity contribution is 7.89. The van der Waals surface area contributed by atoms with Gasteiger partial charge in [-0.15, -0.1) is 0 Å². The number of hydrogen-bond donors (Lipinski definition) is 1. The molecule has 1 amide bonds. The molecule has 1 aromatic carbocycles. The van der Waals surface area contributed by atoms with Crippen LogP contribution in [0.2, 0.25) is 0 Å². The van der Waals surface area contributed by atoms with Crippen molar-refractivity contribution in [1.29, 1.82) is 0 Å². The highest BCUT2D eigenvalue weighted by atomic mass is 32.2. The van der Waals surface area contributed by atoms with E-state index in [2.05, 4.69) is 9.62 Å². The Kier molecular flexibility index (Phi) is 7.61. The van der Waals surface area contributed by atoms with Crippen LogP contribution in [-0.2, 0) is 16.4 Å². The Balaban J connectivity index is 2.24. The zero-order chi connectivity index (χ0) is 19.2. The fourth-order valence-corrected chi connectivity index (χ4v) is 4.33. The number of nitrogens with one attached hydrogen (secondary N) is 1. The number of sulfonamides is 1. The second-order valence-corrected chi connectivity index (χ2v) is 8.44. The molecule has 0 radical (unpaired) electrons. The summed E-state index contributed by atoms with van der Waals surface area (Å²) in [5.74, 6) is -0.100. The normalized spacial score (nSPS) is 14.4. The Morgan fingerprint density at radius 1 is 1.15 bits per heavy atom. The smallest absolute Gasteiger partial charge is 0.253 e. The molecule has 26 heavy (non-hydrogen) atoms. The monoisotopic (exact) mass is 381 g/mol. The number of aryl methyl sites for hydroxylation is 1. The van der Waals surface area contributed by atoms with E-state index in [0.717, 1.165) is 38.0 Å². The van der Waals surface area contributed by atoms with Crippen LogP contribution in [0.5, 0.6) is 0 Å². The summed E-state index contributed by atoms with van der Waals surface area (Å²) in [6, 6.07) is 5.05. The van der Waals surface area contributed by atoms with E-state index in [1.165, 1.54) is 0 Å². The molecule has 0 aliphatic carbocycles. The zero-order valence-corrected chi connectivity index (χ0v) is 16.9. The third kappa shape index (κ3) is 5.53. The summed E-state index contributed by atoms with van der Waals surface area (Å²) in [5.41, 5.74) is 1.17. The van der Waals surface area contributed by atoms with Crippen molar-refractivity contribution in [1.82, 2.24) is 14.5 Å². The molecular weight excluding hydrogens is 350 g/mol. The molecule has 0 saturated carbocycles. The fraction of sp³-hybridized carbons (Fsp3) is 0.632. The van der Waals surface area contributed by atoms with Gasteiger partial charge >= 0.3 is 0 Å². The topological polar surface area (TPSA) is 69.5 Å². The molecule has 0 unspecified atom stereocenters. The lowest BCUT2D eigenvalue weighted by Crippen LogP contribution is -2.33. The van der Waals surface area contributed by atoms with Gasteiger partial charge in [0, 0.05) is 44.8 Å². The Hall–Kier alpha value is -1.44. The van der Waals surface area contributed by atoms with E-state index in [1.807, 2.05) is 20.8 Å². The molecular formula is C19H31N3O3S. The first-order chi connectivity index (χ1) is 12.4. The van der Waals surface area contributed by atoms with Crippen LogP contribution in [0.15, 0.2) is 23.1 Å². The first-order valence-electron chi connectivity index (χ1n) is 9.57. The average Bonchev–Trinajstić information content (AvgIpc) is 3.44. The van der Waals surface area contributed by atoms with E-state index in [0.29, 0.717) is 31.6 Å². The van der Waals surface area contributed by atoms with Gasteiger partial charge in [-0.05, 0) is 37.0 Å². The largest absolute Gasteiger partial charge is 0.339 e. The van der Waals surface area contributed by atoms with Crippen molar-refractivity contribution in [3.05, 3.63) is 29.3 Å². The van der Waals surface area contributed by atoms with E-state index >= 15 is 0 Å². The van der Waals surface area contributed by atoms with Crippen LogP contribution in [0.3, 0.4) is 0 Å². The van der Waals surface area contributed by atoms with Gasteiger partial charge in [-0.3, -0.25) is 9.69 Å². The molecule has 0 spiro atoms. The lowest BCUT2D eigenvalue weighted by atomic mass is 10.1. The Morgan fingerprint density at radius 2 is 1.81 bits per heavy atom. The number of carbonyl (C=O) groups is 1. The molecule has 6 nitrogen and oxygen atoms in total. The van der Waals surface area contributed by atoms with Crippen LogP contribution in [0.25, 0.3) is 0 Å². The Bertz CT molecular complexity index is 709. The molecule has 146 valence electrons. The minimum absolute atomic E-state index is 0.100. The first-order valence-corrected chi connectivity index (χ1v) is 11.1. The second-order valence-electron chi connectivity index (χ2n) is 6.71. The summed E-state index contributed by atoms with van der Waals surface area (Å²) >= 11 is 0. The summed E-state index contributed by atoms with van der Waals surface area (Å²) in [7, 11) is -3.62. The molecule has 0 atom stereocenters.